The summed E-state index contributed by atoms with van der Waals surface area (Å²) in [5.41, 5.74) is 0. The minimum Gasteiger partial charge on any atom is -0.378 e. The fraction of sp³-hybridized carbons (Fsp3) is 0.900. The Balaban J connectivity index is 2.02. The molecule has 1 fully saturated rings. The van der Waals surface area contributed by atoms with Gasteiger partial charge in [-0.25, -0.2) is 4.79 Å². The van der Waals surface area contributed by atoms with Gasteiger partial charge in [-0.15, -0.1) is 0 Å². The Labute approximate surface area is 91.2 Å². The quantitative estimate of drug-likeness (QED) is 0.636. The summed E-state index contributed by atoms with van der Waals surface area (Å²) in [5.74, 6) is 0. The standard InChI is InChI=1S/C10H21N3O2/c1-2-11-4-3-5-12-10(14)13-6-8-15-9-7-13/h11H,2-9H2,1H3,(H,12,14). The minimum absolute atomic E-state index is 0.0369. The lowest BCUT2D eigenvalue weighted by Crippen LogP contribution is -2.46. The molecule has 1 aliphatic heterocycles. The number of urea groups is 1. The molecule has 1 saturated heterocycles. The summed E-state index contributed by atoms with van der Waals surface area (Å²) in [5, 5.41) is 6.12. The molecular weight excluding hydrogens is 194 g/mol. The second-order valence-electron chi connectivity index (χ2n) is 3.54. The Morgan fingerprint density at radius 2 is 2.07 bits per heavy atom. The van der Waals surface area contributed by atoms with Gasteiger partial charge in [0.05, 0.1) is 13.2 Å². The molecule has 0 bridgehead atoms. The van der Waals surface area contributed by atoms with Crippen LogP contribution in [-0.2, 0) is 4.74 Å². The van der Waals surface area contributed by atoms with E-state index in [1.54, 1.807) is 4.90 Å². The Morgan fingerprint density at radius 3 is 2.73 bits per heavy atom. The number of hydrogen-bond acceptors (Lipinski definition) is 3. The fourth-order valence-electron chi connectivity index (χ4n) is 1.46. The maximum atomic E-state index is 11.6. The first kappa shape index (κ1) is 12.3. The van der Waals surface area contributed by atoms with Crippen molar-refractivity contribution in [3.8, 4) is 0 Å². The summed E-state index contributed by atoms with van der Waals surface area (Å²) < 4.78 is 5.18. The average Bonchev–Trinajstić information content (AvgIpc) is 2.30. The lowest BCUT2D eigenvalue weighted by molar-refractivity contribution is 0.0532. The normalized spacial score (nSPS) is 16.5. The molecule has 0 aliphatic carbocycles. The van der Waals surface area contributed by atoms with Crippen molar-refractivity contribution in [1.29, 1.82) is 0 Å². The van der Waals surface area contributed by atoms with Crippen LogP contribution in [0.4, 0.5) is 4.79 Å². The summed E-state index contributed by atoms with van der Waals surface area (Å²) in [6, 6.07) is 0.0369. The number of nitrogens with zero attached hydrogens (tertiary/aromatic N) is 1. The summed E-state index contributed by atoms with van der Waals surface area (Å²) >= 11 is 0. The zero-order valence-electron chi connectivity index (χ0n) is 9.42. The molecule has 0 aromatic rings. The third-order valence-electron chi connectivity index (χ3n) is 2.35. The fourth-order valence-corrected chi connectivity index (χ4v) is 1.46. The van der Waals surface area contributed by atoms with Crippen molar-refractivity contribution in [2.24, 2.45) is 0 Å². The molecule has 2 amide bonds. The highest BCUT2D eigenvalue weighted by molar-refractivity contribution is 5.74. The van der Waals surface area contributed by atoms with Gasteiger partial charge >= 0.3 is 6.03 Å². The molecule has 0 aromatic heterocycles. The lowest BCUT2D eigenvalue weighted by Gasteiger charge is -2.26. The highest BCUT2D eigenvalue weighted by Gasteiger charge is 2.15. The molecule has 15 heavy (non-hydrogen) atoms. The van der Waals surface area contributed by atoms with Crippen LogP contribution in [0.2, 0.25) is 0 Å². The molecule has 1 aliphatic rings. The SMILES string of the molecule is CCNCCCNC(=O)N1CCOCC1. The third kappa shape index (κ3) is 4.99. The highest BCUT2D eigenvalue weighted by atomic mass is 16.5. The molecule has 5 nitrogen and oxygen atoms in total. The predicted octanol–water partition coefficient (Wildman–Crippen LogP) is 0.0278. The molecule has 1 rings (SSSR count). The van der Waals surface area contributed by atoms with Crippen LogP contribution in [0, 0.1) is 0 Å². The first-order chi connectivity index (χ1) is 7.34. The van der Waals surface area contributed by atoms with E-state index >= 15 is 0 Å². The Kier molecular flexibility index (Phi) is 6.11. The molecule has 1 heterocycles. The van der Waals surface area contributed by atoms with Crippen LogP contribution in [-0.4, -0.2) is 56.9 Å². The number of morpholine rings is 1. The van der Waals surface area contributed by atoms with Gasteiger partial charge in [0.2, 0.25) is 0 Å². The summed E-state index contributed by atoms with van der Waals surface area (Å²) in [7, 11) is 0. The van der Waals surface area contributed by atoms with E-state index in [1.165, 1.54) is 0 Å². The van der Waals surface area contributed by atoms with Gasteiger partial charge in [-0.1, -0.05) is 6.92 Å². The second kappa shape index (κ2) is 7.48. The van der Waals surface area contributed by atoms with E-state index < -0.39 is 0 Å². The maximum absolute atomic E-state index is 11.6. The number of amides is 2. The molecule has 5 heteroatoms. The summed E-state index contributed by atoms with van der Waals surface area (Å²) in [6.07, 6.45) is 0.976. The van der Waals surface area contributed by atoms with Crippen LogP contribution in [0.15, 0.2) is 0 Å². The monoisotopic (exact) mass is 215 g/mol. The largest absolute Gasteiger partial charge is 0.378 e. The van der Waals surface area contributed by atoms with E-state index in [0.717, 1.165) is 26.1 Å². The lowest BCUT2D eigenvalue weighted by atomic mass is 10.4. The highest BCUT2D eigenvalue weighted by Crippen LogP contribution is 1.96. The number of nitrogens with one attached hydrogen (secondary N) is 2. The van der Waals surface area contributed by atoms with Crippen LogP contribution in [0.25, 0.3) is 0 Å². The van der Waals surface area contributed by atoms with Crippen LogP contribution in [0.1, 0.15) is 13.3 Å². The summed E-state index contributed by atoms with van der Waals surface area (Å²) in [6.45, 7) is 7.49. The van der Waals surface area contributed by atoms with Crippen molar-refractivity contribution in [3.63, 3.8) is 0 Å². The predicted molar refractivity (Wildman–Crippen MR) is 59.0 cm³/mol. The molecule has 0 saturated carbocycles. The number of carbonyl (C=O) groups excluding carboxylic acids is 1. The number of ether oxygens (including phenoxy) is 1. The van der Waals surface area contributed by atoms with Crippen molar-refractivity contribution in [1.82, 2.24) is 15.5 Å². The number of rotatable bonds is 5. The van der Waals surface area contributed by atoms with Gasteiger partial charge in [0, 0.05) is 19.6 Å². The Morgan fingerprint density at radius 1 is 1.33 bits per heavy atom. The van der Waals surface area contributed by atoms with Crippen LogP contribution < -0.4 is 10.6 Å². The van der Waals surface area contributed by atoms with Crippen LogP contribution in [0.5, 0.6) is 0 Å². The van der Waals surface area contributed by atoms with Crippen LogP contribution >= 0.6 is 0 Å². The van der Waals surface area contributed by atoms with E-state index in [0.29, 0.717) is 26.3 Å². The topological polar surface area (TPSA) is 53.6 Å². The average molecular weight is 215 g/mol. The van der Waals surface area contributed by atoms with E-state index in [9.17, 15) is 4.79 Å². The van der Waals surface area contributed by atoms with Crippen LogP contribution in [0.3, 0.4) is 0 Å². The van der Waals surface area contributed by atoms with E-state index in [2.05, 4.69) is 17.6 Å². The van der Waals surface area contributed by atoms with Crippen molar-refractivity contribution < 1.29 is 9.53 Å². The molecular formula is C10H21N3O2. The number of carbonyl (C=O) groups is 1. The van der Waals surface area contributed by atoms with Gasteiger partial charge in [-0.2, -0.15) is 0 Å². The minimum atomic E-state index is 0.0369. The van der Waals surface area contributed by atoms with E-state index in [-0.39, 0.29) is 6.03 Å². The van der Waals surface area contributed by atoms with Gasteiger partial charge in [0.1, 0.15) is 0 Å². The van der Waals surface area contributed by atoms with Crippen molar-refractivity contribution in [3.05, 3.63) is 0 Å². The zero-order valence-corrected chi connectivity index (χ0v) is 9.42. The molecule has 0 spiro atoms. The third-order valence-corrected chi connectivity index (χ3v) is 2.35. The molecule has 0 unspecified atom stereocenters. The van der Waals surface area contributed by atoms with Crippen molar-refractivity contribution in [2.75, 3.05) is 45.9 Å². The van der Waals surface area contributed by atoms with Crippen molar-refractivity contribution >= 4 is 6.03 Å². The maximum Gasteiger partial charge on any atom is 0.317 e. The smallest absolute Gasteiger partial charge is 0.317 e. The van der Waals surface area contributed by atoms with E-state index in [1.807, 2.05) is 0 Å². The van der Waals surface area contributed by atoms with Crippen molar-refractivity contribution in [2.45, 2.75) is 13.3 Å². The number of hydrogen-bond donors (Lipinski definition) is 2. The molecule has 0 radical (unpaired) electrons. The molecule has 0 aromatic carbocycles. The van der Waals surface area contributed by atoms with Gasteiger partial charge in [-0.05, 0) is 19.5 Å². The van der Waals surface area contributed by atoms with Gasteiger partial charge in [0.15, 0.2) is 0 Å². The van der Waals surface area contributed by atoms with Gasteiger partial charge < -0.3 is 20.3 Å². The second-order valence-corrected chi connectivity index (χ2v) is 3.54. The molecule has 0 atom stereocenters. The Bertz CT molecular complexity index is 182. The Hall–Kier alpha value is -0.810. The van der Waals surface area contributed by atoms with E-state index in [4.69, 9.17) is 4.74 Å². The van der Waals surface area contributed by atoms with Gasteiger partial charge in [-0.3, -0.25) is 0 Å². The zero-order chi connectivity index (χ0) is 10.9. The first-order valence-corrected chi connectivity index (χ1v) is 5.66. The molecule has 2 N–H and O–H groups in total. The first-order valence-electron chi connectivity index (χ1n) is 5.66. The summed E-state index contributed by atoms with van der Waals surface area (Å²) in [4.78, 5) is 13.4. The molecule has 88 valence electrons. The van der Waals surface area contributed by atoms with Gasteiger partial charge in [0.25, 0.3) is 0 Å².